The lowest BCUT2D eigenvalue weighted by molar-refractivity contribution is 0.230. The predicted octanol–water partition coefficient (Wildman–Crippen LogP) is 3.73. The van der Waals surface area contributed by atoms with Crippen molar-refractivity contribution < 1.29 is 9.84 Å². The van der Waals surface area contributed by atoms with E-state index in [9.17, 15) is 0 Å². The van der Waals surface area contributed by atoms with E-state index in [0.29, 0.717) is 0 Å². The lowest BCUT2D eigenvalue weighted by atomic mass is 10.0. The standard InChI is InChI=1S/C18H23NO2/c1-18(2,11-12-20)19-14-15-7-6-10-17(13-15)21-16-8-4-3-5-9-16/h3-10,13,19-20H,11-12,14H2,1-2H3. The molecule has 112 valence electrons. The summed E-state index contributed by atoms with van der Waals surface area (Å²) in [5.41, 5.74) is 1.08. The molecule has 2 rings (SSSR count). The number of hydrogen-bond donors (Lipinski definition) is 2. The van der Waals surface area contributed by atoms with Gasteiger partial charge in [0.25, 0.3) is 0 Å². The first-order valence-corrected chi connectivity index (χ1v) is 7.27. The number of benzene rings is 2. The first-order valence-electron chi connectivity index (χ1n) is 7.27. The summed E-state index contributed by atoms with van der Waals surface area (Å²) in [5, 5.41) is 12.5. The molecule has 3 heteroatoms. The van der Waals surface area contributed by atoms with E-state index in [-0.39, 0.29) is 12.1 Å². The van der Waals surface area contributed by atoms with Gasteiger partial charge in [-0.3, -0.25) is 0 Å². The highest BCUT2D eigenvalue weighted by Gasteiger charge is 2.15. The summed E-state index contributed by atoms with van der Waals surface area (Å²) in [7, 11) is 0. The average Bonchev–Trinajstić information content (AvgIpc) is 2.47. The third-order valence-electron chi connectivity index (χ3n) is 3.39. The smallest absolute Gasteiger partial charge is 0.127 e. The van der Waals surface area contributed by atoms with Gasteiger partial charge in [0.1, 0.15) is 11.5 Å². The van der Waals surface area contributed by atoms with Crippen molar-refractivity contribution in [2.24, 2.45) is 0 Å². The minimum absolute atomic E-state index is 0.0783. The van der Waals surface area contributed by atoms with E-state index in [1.54, 1.807) is 0 Å². The molecule has 0 aliphatic rings. The molecule has 0 aliphatic heterocycles. The van der Waals surface area contributed by atoms with Gasteiger partial charge in [-0.05, 0) is 50.1 Å². The predicted molar refractivity (Wildman–Crippen MR) is 85.6 cm³/mol. The second kappa shape index (κ2) is 7.25. The summed E-state index contributed by atoms with van der Waals surface area (Å²) in [4.78, 5) is 0. The van der Waals surface area contributed by atoms with Crippen LogP contribution in [0.2, 0.25) is 0 Å². The molecule has 0 aliphatic carbocycles. The van der Waals surface area contributed by atoms with Gasteiger partial charge >= 0.3 is 0 Å². The van der Waals surface area contributed by atoms with E-state index in [0.717, 1.165) is 30.0 Å². The van der Waals surface area contributed by atoms with Gasteiger partial charge < -0.3 is 15.2 Å². The highest BCUT2D eigenvalue weighted by atomic mass is 16.5. The van der Waals surface area contributed by atoms with Gasteiger partial charge in [-0.25, -0.2) is 0 Å². The van der Waals surface area contributed by atoms with E-state index >= 15 is 0 Å². The second-order valence-corrected chi connectivity index (χ2v) is 5.77. The molecule has 0 amide bonds. The Morgan fingerprint density at radius 1 is 1.00 bits per heavy atom. The maximum Gasteiger partial charge on any atom is 0.127 e. The summed E-state index contributed by atoms with van der Waals surface area (Å²) < 4.78 is 5.83. The Bertz CT molecular complexity index is 552. The molecule has 2 N–H and O–H groups in total. The van der Waals surface area contributed by atoms with Crippen LogP contribution in [0.3, 0.4) is 0 Å². The molecule has 0 saturated carbocycles. The van der Waals surface area contributed by atoms with Crippen LogP contribution in [-0.4, -0.2) is 17.3 Å². The normalized spacial score (nSPS) is 11.4. The van der Waals surface area contributed by atoms with Crippen LogP contribution in [0.1, 0.15) is 25.8 Å². The Hall–Kier alpha value is -1.84. The van der Waals surface area contributed by atoms with Gasteiger partial charge in [0.05, 0.1) is 0 Å². The van der Waals surface area contributed by atoms with Crippen LogP contribution in [0.4, 0.5) is 0 Å². The van der Waals surface area contributed by atoms with Gasteiger partial charge in [-0.15, -0.1) is 0 Å². The highest BCUT2D eigenvalue weighted by molar-refractivity contribution is 5.33. The van der Waals surface area contributed by atoms with Crippen molar-refractivity contribution in [1.82, 2.24) is 5.32 Å². The third-order valence-corrected chi connectivity index (χ3v) is 3.39. The molecule has 0 aromatic heterocycles. The minimum atomic E-state index is -0.0783. The fourth-order valence-corrected chi connectivity index (χ4v) is 2.05. The number of hydrogen-bond acceptors (Lipinski definition) is 3. The molecule has 3 nitrogen and oxygen atoms in total. The largest absolute Gasteiger partial charge is 0.457 e. The molecule has 0 saturated heterocycles. The molecule has 0 atom stereocenters. The monoisotopic (exact) mass is 285 g/mol. The van der Waals surface area contributed by atoms with Gasteiger partial charge in [0.2, 0.25) is 0 Å². The van der Waals surface area contributed by atoms with Crippen LogP contribution >= 0.6 is 0 Å². The Morgan fingerprint density at radius 2 is 1.71 bits per heavy atom. The van der Waals surface area contributed by atoms with Crippen LogP contribution in [0.25, 0.3) is 0 Å². The Balaban J connectivity index is 1.98. The van der Waals surface area contributed by atoms with Gasteiger partial charge in [0.15, 0.2) is 0 Å². The van der Waals surface area contributed by atoms with Gasteiger partial charge in [-0.2, -0.15) is 0 Å². The molecular weight excluding hydrogens is 262 g/mol. The highest BCUT2D eigenvalue weighted by Crippen LogP contribution is 2.22. The molecule has 0 spiro atoms. The first kappa shape index (κ1) is 15.5. The van der Waals surface area contributed by atoms with Crippen molar-refractivity contribution >= 4 is 0 Å². The van der Waals surface area contributed by atoms with Gasteiger partial charge in [0, 0.05) is 18.7 Å². The number of para-hydroxylation sites is 1. The van der Waals surface area contributed by atoms with Crippen LogP contribution in [0.15, 0.2) is 54.6 Å². The first-order chi connectivity index (χ1) is 10.1. The van der Waals surface area contributed by atoms with Crippen molar-refractivity contribution in [1.29, 1.82) is 0 Å². The molecule has 0 radical (unpaired) electrons. The summed E-state index contributed by atoms with van der Waals surface area (Å²) in [6.45, 7) is 5.12. The lowest BCUT2D eigenvalue weighted by Gasteiger charge is -2.25. The van der Waals surface area contributed by atoms with Crippen molar-refractivity contribution in [3.63, 3.8) is 0 Å². The summed E-state index contributed by atoms with van der Waals surface area (Å²) in [6, 6.07) is 17.8. The van der Waals surface area contributed by atoms with Crippen LogP contribution in [-0.2, 0) is 6.54 Å². The fourth-order valence-electron chi connectivity index (χ4n) is 2.05. The Labute approximate surface area is 126 Å². The Morgan fingerprint density at radius 3 is 2.43 bits per heavy atom. The number of aliphatic hydroxyl groups excluding tert-OH is 1. The maximum atomic E-state index is 9.05. The summed E-state index contributed by atoms with van der Waals surface area (Å²) in [6.07, 6.45) is 0.729. The number of aliphatic hydroxyl groups is 1. The number of nitrogens with one attached hydrogen (secondary N) is 1. The zero-order chi connectivity index (χ0) is 15.1. The molecule has 21 heavy (non-hydrogen) atoms. The Kier molecular flexibility index (Phi) is 5.37. The van der Waals surface area contributed by atoms with Crippen LogP contribution < -0.4 is 10.1 Å². The van der Waals surface area contributed by atoms with E-state index in [1.165, 1.54) is 0 Å². The summed E-state index contributed by atoms with van der Waals surface area (Å²) >= 11 is 0. The molecular formula is C18H23NO2. The van der Waals surface area contributed by atoms with E-state index in [1.807, 2.05) is 48.5 Å². The van der Waals surface area contributed by atoms with Crippen molar-refractivity contribution in [2.45, 2.75) is 32.4 Å². The van der Waals surface area contributed by atoms with Crippen molar-refractivity contribution in [3.05, 3.63) is 60.2 Å². The lowest BCUT2D eigenvalue weighted by Crippen LogP contribution is -2.39. The fraction of sp³-hybridized carbons (Fsp3) is 0.333. The van der Waals surface area contributed by atoms with Crippen molar-refractivity contribution in [3.8, 4) is 11.5 Å². The molecule has 0 fully saturated rings. The average molecular weight is 285 g/mol. The molecule has 0 unspecified atom stereocenters. The minimum Gasteiger partial charge on any atom is -0.457 e. The van der Waals surface area contributed by atoms with Gasteiger partial charge in [-0.1, -0.05) is 30.3 Å². The molecule has 2 aromatic carbocycles. The van der Waals surface area contributed by atoms with E-state index in [2.05, 4.69) is 25.2 Å². The molecule has 0 heterocycles. The van der Waals surface area contributed by atoms with E-state index in [4.69, 9.17) is 9.84 Å². The van der Waals surface area contributed by atoms with Crippen LogP contribution in [0.5, 0.6) is 11.5 Å². The number of rotatable bonds is 7. The maximum absolute atomic E-state index is 9.05. The topological polar surface area (TPSA) is 41.5 Å². The summed E-state index contributed by atoms with van der Waals surface area (Å²) in [5.74, 6) is 1.67. The second-order valence-electron chi connectivity index (χ2n) is 5.77. The zero-order valence-corrected chi connectivity index (χ0v) is 12.7. The third kappa shape index (κ3) is 5.21. The van der Waals surface area contributed by atoms with Crippen LogP contribution in [0, 0.1) is 0 Å². The number of ether oxygens (including phenoxy) is 1. The zero-order valence-electron chi connectivity index (χ0n) is 12.7. The van der Waals surface area contributed by atoms with Crippen molar-refractivity contribution in [2.75, 3.05) is 6.61 Å². The molecule has 0 bridgehead atoms. The SMILES string of the molecule is CC(C)(CCO)NCc1cccc(Oc2ccccc2)c1. The molecule has 2 aromatic rings. The van der Waals surface area contributed by atoms with E-state index < -0.39 is 0 Å². The quantitative estimate of drug-likeness (QED) is 0.814.